The van der Waals surface area contributed by atoms with E-state index in [2.05, 4.69) is 11.8 Å². The SMILES string of the molecule is CCCCCC(CN)N1CCc2ccc(F)cc21. The summed E-state index contributed by atoms with van der Waals surface area (Å²) in [5.74, 6) is -0.148. The van der Waals surface area contributed by atoms with E-state index in [4.69, 9.17) is 5.73 Å². The lowest BCUT2D eigenvalue weighted by molar-refractivity contribution is 0.530. The molecule has 18 heavy (non-hydrogen) atoms. The molecule has 1 aromatic carbocycles. The molecule has 2 nitrogen and oxygen atoms in total. The van der Waals surface area contributed by atoms with Gasteiger partial charge in [-0.15, -0.1) is 0 Å². The van der Waals surface area contributed by atoms with Crippen LogP contribution in [-0.2, 0) is 6.42 Å². The third kappa shape index (κ3) is 2.83. The van der Waals surface area contributed by atoms with E-state index in [9.17, 15) is 4.39 Å². The predicted molar refractivity (Wildman–Crippen MR) is 74.4 cm³/mol. The minimum Gasteiger partial charge on any atom is -0.367 e. The van der Waals surface area contributed by atoms with E-state index in [1.807, 2.05) is 6.07 Å². The molecule has 0 saturated heterocycles. The van der Waals surface area contributed by atoms with Gasteiger partial charge in [0.1, 0.15) is 5.82 Å². The maximum atomic E-state index is 13.4. The minimum atomic E-state index is -0.148. The number of nitrogens with zero attached hydrogens (tertiary/aromatic N) is 1. The lowest BCUT2D eigenvalue weighted by Gasteiger charge is -2.29. The van der Waals surface area contributed by atoms with Crippen LogP contribution in [0.5, 0.6) is 0 Å². The fraction of sp³-hybridized carbons (Fsp3) is 0.600. The third-order valence-corrected chi connectivity index (χ3v) is 3.83. The monoisotopic (exact) mass is 250 g/mol. The zero-order chi connectivity index (χ0) is 13.0. The highest BCUT2D eigenvalue weighted by Crippen LogP contribution is 2.31. The van der Waals surface area contributed by atoms with Crippen LogP contribution >= 0.6 is 0 Å². The van der Waals surface area contributed by atoms with Crippen molar-refractivity contribution >= 4 is 5.69 Å². The van der Waals surface area contributed by atoms with Gasteiger partial charge in [-0.2, -0.15) is 0 Å². The van der Waals surface area contributed by atoms with E-state index in [0.717, 1.165) is 25.1 Å². The molecule has 2 N–H and O–H groups in total. The second-order valence-electron chi connectivity index (χ2n) is 5.10. The first-order chi connectivity index (χ1) is 8.76. The van der Waals surface area contributed by atoms with Crippen LogP contribution in [0.15, 0.2) is 18.2 Å². The number of rotatable bonds is 6. The smallest absolute Gasteiger partial charge is 0.125 e. The number of halogens is 1. The van der Waals surface area contributed by atoms with Crippen LogP contribution < -0.4 is 10.6 Å². The number of nitrogens with two attached hydrogens (primary N) is 1. The van der Waals surface area contributed by atoms with Gasteiger partial charge in [-0.05, 0) is 30.5 Å². The van der Waals surface area contributed by atoms with Crippen LogP contribution in [0.25, 0.3) is 0 Å². The van der Waals surface area contributed by atoms with Gasteiger partial charge < -0.3 is 10.6 Å². The maximum absolute atomic E-state index is 13.4. The van der Waals surface area contributed by atoms with Crippen molar-refractivity contribution in [3.05, 3.63) is 29.6 Å². The minimum absolute atomic E-state index is 0.148. The maximum Gasteiger partial charge on any atom is 0.125 e. The molecular weight excluding hydrogens is 227 g/mol. The molecule has 2 rings (SSSR count). The summed E-state index contributed by atoms with van der Waals surface area (Å²) >= 11 is 0. The van der Waals surface area contributed by atoms with E-state index in [1.165, 1.54) is 24.8 Å². The first kappa shape index (κ1) is 13.3. The quantitative estimate of drug-likeness (QED) is 0.786. The number of anilines is 1. The largest absolute Gasteiger partial charge is 0.367 e. The normalized spacial score (nSPS) is 15.8. The second kappa shape index (κ2) is 6.19. The first-order valence-corrected chi connectivity index (χ1v) is 7.01. The number of hydrogen-bond acceptors (Lipinski definition) is 2. The summed E-state index contributed by atoms with van der Waals surface area (Å²) in [4.78, 5) is 2.30. The Bertz CT molecular complexity index is 392. The van der Waals surface area contributed by atoms with Gasteiger partial charge in [0.05, 0.1) is 0 Å². The van der Waals surface area contributed by atoms with Crippen molar-refractivity contribution in [2.24, 2.45) is 5.73 Å². The van der Waals surface area contributed by atoms with Gasteiger partial charge >= 0.3 is 0 Å². The summed E-state index contributed by atoms with van der Waals surface area (Å²) in [5, 5.41) is 0. The lowest BCUT2D eigenvalue weighted by atomic mass is 10.1. The highest BCUT2D eigenvalue weighted by molar-refractivity contribution is 5.59. The summed E-state index contributed by atoms with van der Waals surface area (Å²) in [6.45, 7) is 3.84. The van der Waals surface area contributed by atoms with E-state index < -0.39 is 0 Å². The van der Waals surface area contributed by atoms with Crippen LogP contribution in [0.1, 0.15) is 38.2 Å². The summed E-state index contributed by atoms with van der Waals surface area (Å²) < 4.78 is 13.4. The Morgan fingerprint density at radius 3 is 2.94 bits per heavy atom. The van der Waals surface area contributed by atoms with Crippen LogP contribution in [0.3, 0.4) is 0 Å². The van der Waals surface area contributed by atoms with Gasteiger partial charge in [0, 0.05) is 24.8 Å². The number of fused-ring (bicyclic) bond motifs is 1. The standard InChI is InChI=1S/C15H23FN2/c1-2-3-4-5-14(11-17)18-9-8-12-6-7-13(16)10-15(12)18/h6-7,10,14H,2-5,8-9,11,17H2,1H3. The molecule has 0 saturated carbocycles. The van der Waals surface area contributed by atoms with Gasteiger partial charge in [0.2, 0.25) is 0 Å². The Morgan fingerprint density at radius 2 is 2.22 bits per heavy atom. The fourth-order valence-corrected chi connectivity index (χ4v) is 2.79. The molecule has 1 atom stereocenters. The van der Waals surface area contributed by atoms with Crippen molar-refractivity contribution in [2.75, 3.05) is 18.0 Å². The molecule has 0 amide bonds. The van der Waals surface area contributed by atoms with Crippen LogP contribution in [-0.4, -0.2) is 19.1 Å². The van der Waals surface area contributed by atoms with Gasteiger partial charge in [0.15, 0.2) is 0 Å². The molecule has 1 aliphatic heterocycles. The molecule has 0 fully saturated rings. The van der Waals surface area contributed by atoms with Crippen LogP contribution in [0.2, 0.25) is 0 Å². The van der Waals surface area contributed by atoms with E-state index in [-0.39, 0.29) is 5.82 Å². The zero-order valence-electron chi connectivity index (χ0n) is 11.2. The van der Waals surface area contributed by atoms with Crippen molar-refractivity contribution in [1.82, 2.24) is 0 Å². The predicted octanol–water partition coefficient (Wildman–Crippen LogP) is 3.10. The van der Waals surface area contributed by atoms with Gasteiger partial charge in [0.25, 0.3) is 0 Å². The van der Waals surface area contributed by atoms with Crippen molar-refractivity contribution in [2.45, 2.75) is 45.1 Å². The number of benzene rings is 1. The Labute approximate surface area is 109 Å². The Kier molecular flexibility index (Phi) is 4.59. The lowest BCUT2D eigenvalue weighted by Crippen LogP contribution is -2.39. The zero-order valence-corrected chi connectivity index (χ0v) is 11.2. The summed E-state index contributed by atoms with van der Waals surface area (Å²) in [7, 11) is 0. The topological polar surface area (TPSA) is 29.3 Å². The van der Waals surface area contributed by atoms with E-state index in [0.29, 0.717) is 12.6 Å². The van der Waals surface area contributed by atoms with E-state index >= 15 is 0 Å². The first-order valence-electron chi connectivity index (χ1n) is 7.01. The molecule has 100 valence electrons. The molecule has 1 aromatic rings. The molecule has 0 aromatic heterocycles. The van der Waals surface area contributed by atoms with Gasteiger partial charge in [-0.25, -0.2) is 4.39 Å². The van der Waals surface area contributed by atoms with Gasteiger partial charge in [-0.1, -0.05) is 32.3 Å². The summed E-state index contributed by atoms with van der Waals surface area (Å²) in [6.07, 6.45) is 5.81. The van der Waals surface area contributed by atoms with E-state index in [1.54, 1.807) is 12.1 Å². The van der Waals surface area contributed by atoms with Crippen LogP contribution in [0, 0.1) is 5.82 Å². The van der Waals surface area contributed by atoms with Crippen molar-refractivity contribution in [1.29, 1.82) is 0 Å². The number of hydrogen-bond donors (Lipinski definition) is 1. The van der Waals surface area contributed by atoms with Crippen molar-refractivity contribution < 1.29 is 4.39 Å². The van der Waals surface area contributed by atoms with Crippen molar-refractivity contribution in [3.63, 3.8) is 0 Å². The average molecular weight is 250 g/mol. The molecule has 0 bridgehead atoms. The molecule has 1 aliphatic rings. The summed E-state index contributed by atoms with van der Waals surface area (Å²) in [5.41, 5.74) is 8.21. The highest BCUT2D eigenvalue weighted by Gasteiger charge is 2.25. The second-order valence-corrected chi connectivity index (χ2v) is 5.10. The number of unbranched alkanes of at least 4 members (excludes halogenated alkanes) is 2. The average Bonchev–Trinajstić information content (AvgIpc) is 2.78. The highest BCUT2D eigenvalue weighted by atomic mass is 19.1. The molecule has 1 heterocycles. The molecule has 3 heteroatoms. The molecule has 0 spiro atoms. The molecular formula is C15H23FN2. The Balaban J connectivity index is 2.07. The molecule has 1 unspecified atom stereocenters. The summed E-state index contributed by atoms with van der Waals surface area (Å²) in [6, 6.07) is 5.48. The third-order valence-electron chi connectivity index (χ3n) is 3.83. The Morgan fingerprint density at radius 1 is 1.39 bits per heavy atom. The van der Waals surface area contributed by atoms with Crippen LogP contribution in [0.4, 0.5) is 10.1 Å². The fourth-order valence-electron chi connectivity index (χ4n) is 2.79. The Hall–Kier alpha value is -1.09. The van der Waals surface area contributed by atoms with Gasteiger partial charge in [-0.3, -0.25) is 0 Å². The molecule has 0 aliphatic carbocycles. The van der Waals surface area contributed by atoms with Crippen molar-refractivity contribution in [3.8, 4) is 0 Å². The molecule has 0 radical (unpaired) electrons.